The lowest BCUT2D eigenvalue weighted by Crippen LogP contribution is -2.29. The maximum absolute atomic E-state index is 3.28. The van der Waals surface area contributed by atoms with Crippen LogP contribution in [0.2, 0.25) is 0 Å². The summed E-state index contributed by atoms with van der Waals surface area (Å²) in [5.74, 6) is 0. The summed E-state index contributed by atoms with van der Waals surface area (Å²) >= 11 is 0. The molecule has 0 saturated heterocycles. The topological polar surface area (TPSA) is 19.0 Å². The first kappa shape index (κ1) is 6.92. The van der Waals surface area contributed by atoms with Gasteiger partial charge in [-0.3, -0.25) is 4.90 Å². The van der Waals surface area contributed by atoms with Crippen LogP contribution in [0.5, 0.6) is 0 Å². The Hall–Kier alpha value is -0.760. The fraction of sp³-hybridized carbons (Fsp3) is 0.556. The van der Waals surface area contributed by atoms with Gasteiger partial charge in [-0.25, -0.2) is 0 Å². The number of H-pyrrole nitrogens is 1. The quantitative estimate of drug-likeness (QED) is 0.594. The van der Waals surface area contributed by atoms with E-state index in [0.717, 1.165) is 0 Å². The molecule has 1 atom stereocenters. The monoisotopic (exact) mass is 150 g/mol. The van der Waals surface area contributed by atoms with Crippen molar-refractivity contribution < 1.29 is 0 Å². The summed E-state index contributed by atoms with van der Waals surface area (Å²) in [6.45, 7) is 3.43. The summed E-state index contributed by atoms with van der Waals surface area (Å²) < 4.78 is 0. The van der Waals surface area contributed by atoms with E-state index in [4.69, 9.17) is 0 Å². The molecule has 0 fully saturated rings. The molecule has 0 bridgehead atoms. The Morgan fingerprint density at radius 2 is 2.45 bits per heavy atom. The largest absolute Gasteiger partial charge is 0.365 e. The first-order chi connectivity index (χ1) is 5.29. The normalized spacial score (nSPS) is 25.1. The van der Waals surface area contributed by atoms with E-state index in [-0.39, 0.29) is 0 Å². The van der Waals surface area contributed by atoms with Gasteiger partial charge in [0, 0.05) is 30.9 Å². The van der Waals surface area contributed by atoms with Gasteiger partial charge < -0.3 is 4.98 Å². The Morgan fingerprint density at radius 1 is 1.64 bits per heavy atom. The number of hydrogen-bond donors (Lipinski definition) is 1. The van der Waals surface area contributed by atoms with E-state index in [1.807, 2.05) is 6.20 Å². The Balaban J connectivity index is 2.38. The first-order valence-electron chi connectivity index (χ1n) is 4.15. The van der Waals surface area contributed by atoms with E-state index in [1.165, 1.54) is 24.2 Å². The molecule has 0 aromatic carbocycles. The van der Waals surface area contributed by atoms with Crippen LogP contribution in [0.15, 0.2) is 12.3 Å². The van der Waals surface area contributed by atoms with Crippen molar-refractivity contribution in [2.24, 2.45) is 0 Å². The van der Waals surface area contributed by atoms with Gasteiger partial charge in [-0.1, -0.05) is 0 Å². The highest BCUT2D eigenvalue weighted by Gasteiger charge is 2.20. The predicted octanol–water partition coefficient (Wildman–Crippen LogP) is 1.56. The van der Waals surface area contributed by atoms with Gasteiger partial charge in [-0.15, -0.1) is 0 Å². The fourth-order valence-corrected chi connectivity index (χ4v) is 1.74. The first-order valence-corrected chi connectivity index (χ1v) is 4.15. The summed E-state index contributed by atoms with van der Waals surface area (Å²) in [6.07, 6.45) is 3.21. The van der Waals surface area contributed by atoms with Gasteiger partial charge in [-0.2, -0.15) is 0 Å². The third-order valence-corrected chi connectivity index (χ3v) is 2.69. The van der Waals surface area contributed by atoms with Crippen molar-refractivity contribution in [3.63, 3.8) is 0 Å². The minimum absolute atomic E-state index is 0.588. The van der Waals surface area contributed by atoms with Crippen molar-refractivity contribution >= 4 is 0 Å². The van der Waals surface area contributed by atoms with Crippen LogP contribution in [-0.2, 0) is 6.42 Å². The van der Waals surface area contributed by atoms with Gasteiger partial charge in [-0.05, 0) is 25.6 Å². The molecule has 1 aromatic rings. The average Bonchev–Trinajstić information content (AvgIpc) is 2.45. The second kappa shape index (κ2) is 2.38. The van der Waals surface area contributed by atoms with E-state index in [2.05, 4.69) is 29.9 Å². The van der Waals surface area contributed by atoms with Crippen molar-refractivity contribution in [2.45, 2.75) is 19.4 Å². The van der Waals surface area contributed by atoms with Gasteiger partial charge >= 0.3 is 0 Å². The molecule has 0 spiro atoms. The highest BCUT2D eigenvalue weighted by molar-refractivity contribution is 5.26. The number of nitrogens with zero attached hydrogens (tertiary/aromatic N) is 1. The number of aromatic amines is 1. The molecule has 1 aliphatic rings. The van der Waals surface area contributed by atoms with Gasteiger partial charge in [0.25, 0.3) is 0 Å². The summed E-state index contributed by atoms with van der Waals surface area (Å²) in [7, 11) is 2.18. The van der Waals surface area contributed by atoms with E-state index in [1.54, 1.807) is 0 Å². The van der Waals surface area contributed by atoms with Crippen LogP contribution >= 0.6 is 0 Å². The molecule has 0 radical (unpaired) electrons. The number of rotatable bonds is 0. The highest BCUT2D eigenvalue weighted by Crippen LogP contribution is 2.26. The van der Waals surface area contributed by atoms with E-state index in [0.29, 0.717) is 6.04 Å². The van der Waals surface area contributed by atoms with Crippen molar-refractivity contribution in [1.29, 1.82) is 0 Å². The Morgan fingerprint density at radius 3 is 3.27 bits per heavy atom. The molecule has 1 aliphatic heterocycles. The molecule has 2 heterocycles. The predicted molar refractivity (Wildman–Crippen MR) is 45.5 cm³/mol. The lowest BCUT2D eigenvalue weighted by Gasteiger charge is -2.29. The Labute approximate surface area is 67.2 Å². The second-order valence-electron chi connectivity index (χ2n) is 3.32. The lowest BCUT2D eigenvalue weighted by atomic mass is 10.0. The molecular formula is C9H14N2. The lowest BCUT2D eigenvalue weighted by molar-refractivity contribution is 0.247. The number of aromatic nitrogens is 1. The molecule has 1 unspecified atom stereocenters. The van der Waals surface area contributed by atoms with Crippen LogP contribution in [0.25, 0.3) is 0 Å². The number of nitrogens with one attached hydrogen (secondary N) is 1. The minimum Gasteiger partial charge on any atom is -0.365 e. The molecule has 0 saturated carbocycles. The zero-order chi connectivity index (χ0) is 7.84. The van der Waals surface area contributed by atoms with Crippen LogP contribution in [-0.4, -0.2) is 23.5 Å². The molecule has 0 amide bonds. The minimum atomic E-state index is 0.588. The zero-order valence-corrected chi connectivity index (χ0v) is 7.09. The zero-order valence-electron chi connectivity index (χ0n) is 7.09. The van der Waals surface area contributed by atoms with Gasteiger partial charge in [0.2, 0.25) is 0 Å². The SMILES string of the molecule is CC1c2cc[nH]c2CCN1C. The molecule has 11 heavy (non-hydrogen) atoms. The van der Waals surface area contributed by atoms with Crippen molar-refractivity contribution in [1.82, 2.24) is 9.88 Å². The maximum Gasteiger partial charge on any atom is 0.0334 e. The molecule has 0 aliphatic carbocycles. The van der Waals surface area contributed by atoms with Crippen LogP contribution in [0.4, 0.5) is 0 Å². The third kappa shape index (κ3) is 0.979. The standard InChI is InChI=1S/C9H14N2/c1-7-8-3-5-10-9(8)4-6-11(7)2/h3,5,7,10H,4,6H2,1-2H3. The van der Waals surface area contributed by atoms with Crippen LogP contribution in [0.3, 0.4) is 0 Å². The molecule has 2 rings (SSSR count). The van der Waals surface area contributed by atoms with E-state index < -0.39 is 0 Å². The van der Waals surface area contributed by atoms with Crippen LogP contribution in [0.1, 0.15) is 24.2 Å². The van der Waals surface area contributed by atoms with Gasteiger partial charge in [0.15, 0.2) is 0 Å². The van der Waals surface area contributed by atoms with Crippen LogP contribution < -0.4 is 0 Å². The van der Waals surface area contributed by atoms with Crippen molar-refractivity contribution in [2.75, 3.05) is 13.6 Å². The molecule has 2 heteroatoms. The summed E-state index contributed by atoms with van der Waals surface area (Å²) in [4.78, 5) is 5.67. The maximum atomic E-state index is 3.28. The van der Waals surface area contributed by atoms with Crippen LogP contribution in [0, 0.1) is 0 Å². The summed E-state index contributed by atoms with van der Waals surface area (Å²) in [5, 5.41) is 0. The molecular weight excluding hydrogens is 136 g/mol. The Kier molecular flexibility index (Phi) is 1.50. The molecule has 1 N–H and O–H groups in total. The molecule has 2 nitrogen and oxygen atoms in total. The van der Waals surface area contributed by atoms with Gasteiger partial charge in [0.1, 0.15) is 0 Å². The van der Waals surface area contributed by atoms with Crippen molar-refractivity contribution in [3.8, 4) is 0 Å². The second-order valence-corrected chi connectivity index (χ2v) is 3.32. The molecule has 60 valence electrons. The number of fused-ring (bicyclic) bond motifs is 1. The highest BCUT2D eigenvalue weighted by atomic mass is 15.1. The molecule has 1 aromatic heterocycles. The number of likely N-dealkylation sites (N-methyl/N-ethyl adjacent to an activating group) is 1. The average molecular weight is 150 g/mol. The van der Waals surface area contributed by atoms with E-state index in [9.17, 15) is 0 Å². The fourth-order valence-electron chi connectivity index (χ4n) is 1.74. The summed E-state index contributed by atoms with van der Waals surface area (Å²) in [6, 6.07) is 2.78. The van der Waals surface area contributed by atoms with E-state index >= 15 is 0 Å². The smallest absolute Gasteiger partial charge is 0.0334 e. The number of hydrogen-bond acceptors (Lipinski definition) is 1. The Bertz CT molecular complexity index is 252. The van der Waals surface area contributed by atoms with Gasteiger partial charge in [0.05, 0.1) is 0 Å². The summed E-state index contributed by atoms with van der Waals surface area (Å²) in [5.41, 5.74) is 2.90. The third-order valence-electron chi connectivity index (χ3n) is 2.69. The van der Waals surface area contributed by atoms with Crippen molar-refractivity contribution in [3.05, 3.63) is 23.5 Å².